The minimum Gasteiger partial charge on any atom is -0.493 e. The Morgan fingerprint density at radius 1 is 1.34 bits per heavy atom. The number of aryl methyl sites for hydroxylation is 1. The van der Waals surface area contributed by atoms with Crippen LogP contribution in [0.5, 0.6) is 11.5 Å². The lowest BCUT2D eigenvalue weighted by Gasteiger charge is -2.12. The zero-order valence-corrected chi connectivity index (χ0v) is 18.0. The molecule has 0 aromatic heterocycles. The van der Waals surface area contributed by atoms with Crippen molar-refractivity contribution in [3.8, 4) is 11.5 Å². The molecule has 0 unspecified atom stereocenters. The van der Waals surface area contributed by atoms with Gasteiger partial charge in [0.25, 0.3) is 15.7 Å². The third-order valence-corrected chi connectivity index (χ3v) is 5.48. The number of hydrazone groups is 1. The van der Waals surface area contributed by atoms with Crippen LogP contribution in [0.15, 0.2) is 57.5 Å². The van der Waals surface area contributed by atoms with Crippen LogP contribution >= 0.6 is 15.9 Å². The van der Waals surface area contributed by atoms with Gasteiger partial charge in [0.1, 0.15) is 6.61 Å². The monoisotopic (exact) mass is 483 g/mol. The molecule has 0 aliphatic heterocycles. The van der Waals surface area contributed by atoms with E-state index in [0.29, 0.717) is 27.1 Å². The summed E-state index contributed by atoms with van der Waals surface area (Å²) < 4.78 is 36.1. The molecular formula is C18H18BrN3O6S. The predicted octanol–water partition coefficient (Wildman–Crippen LogP) is 3.55. The van der Waals surface area contributed by atoms with Crippen LogP contribution < -0.4 is 14.3 Å². The summed E-state index contributed by atoms with van der Waals surface area (Å²) in [4.78, 5) is 12.1. The number of nitrogens with zero attached hydrogens (tertiary/aromatic N) is 2. The zero-order valence-electron chi connectivity index (χ0n) is 15.6. The van der Waals surface area contributed by atoms with Crippen LogP contribution in [-0.2, 0) is 10.0 Å². The van der Waals surface area contributed by atoms with Gasteiger partial charge >= 0.3 is 0 Å². The smallest absolute Gasteiger partial charge is 0.276 e. The van der Waals surface area contributed by atoms with Crippen molar-refractivity contribution < 1.29 is 22.8 Å². The molecule has 29 heavy (non-hydrogen) atoms. The van der Waals surface area contributed by atoms with E-state index in [1.54, 1.807) is 18.2 Å². The lowest BCUT2D eigenvalue weighted by molar-refractivity contribution is -0.385. The van der Waals surface area contributed by atoms with Crippen LogP contribution in [0.25, 0.3) is 0 Å². The first-order chi connectivity index (χ1) is 13.7. The molecule has 9 nitrogen and oxygen atoms in total. The largest absolute Gasteiger partial charge is 0.493 e. The van der Waals surface area contributed by atoms with Crippen molar-refractivity contribution in [1.82, 2.24) is 4.83 Å². The summed E-state index contributed by atoms with van der Waals surface area (Å²) in [5, 5.41) is 14.7. The maximum absolute atomic E-state index is 12.4. The fourth-order valence-electron chi connectivity index (χ4n) is 2.27. The molecule has 2 aromatic rings. The Labute approximate surface area is 176 Å². The number of halogens is 1. The van der Waals surface area contributed by atoms with E-state index in [9.17, 15) is 18.5 Å². The number of hydrogen-bond donors (Lipinski definition) is 1. The number of nitro benzene ring substituents is 1. The molecule has 0 radical (unpaired) electrons. The van der Waals surface area contributed by atoms with Gasteiger partial charge in [-0.05, 0) is 46.6 Å². The van der Waals surface area contributed by atoms with Crippen molar-refractivity contribution in [2.45, 2.75) is 11.8 Å². The molecule has 2 aromatic carbocycles. The summed E-state index contributed by atoms with van der Waals surface area (Å²) in [6.07, 6.45) is 2.86. The normalized spacial score (nSPS) is 11.3. The molecular weight excluding hydrogens is 466 g/mol. The standard InChI is InChI=1S/C18H18BrN3O6S/c1-4-7-28-18-15(19)8-13(9-17(18)27-3)11-20-21-29(25,26)14-6-5-12(2)16(10-14)22(23)24/h4-6,8-11,21H,1,7H2,2-3H3/b20-11-. The SMILES string of the molecule is C=CCOc1c(Br)cc(/C=N\NS(=O)(=O)c2ccc(C)c([N+](=O)[O-])c2)cc1OC. The first-order valence-corrected chi connectivity index (χ1v) is 10.4. The minimum atomic E-state index is -4.08. The fourth-order valence-corrected chi connectivity index (χ4v) is 3.66. The first-order valence-electron chi connectivity index (χ1n) is 8.10. The van der Waals surface area contributed by atoms with Gasteiger partial charge in [0, 0.05) is 11.6 Å². The van der Waals surface area contributed by atoms with Gasteiger partial charge < -0.3 is 9.47 Å². The second kappa shape index (κ2) is 9.52. The maximum atomic E-state index is 12.4. The zero-order chi connectivity index (χ0) is 21.6. The summed E-state index contributed by atoms with van der Waals surface area (Å²) in [6, 6.07) is 6.89. The van der Waals surface area contributed by atoms with E-state index in [-0.39, 0.29) is 17.2 Å². The van der Waals surface area contributed by atoms with E-state index in [1.165, 1.54) is 32.4 Å². The van der Waals surface area contributed by atoms with Crippen LogP contribution in [0.4, 0.5) is 5.69 Å². The van der Waals surface area contributed by atoms with Gasteiger partial charge in [-0.2, -0.15) is 13.5 Å². The molecule has 154 valence electrons. The minimum absolute atomic E-state index is 0.265. The third-order valence-electron chi connectivity index (χ3n) is 3.67. The number of nitrogens with one attached hydrogen (secondary N) is 1. The van der Waals surface area contributed by atoms with Crippen molar-refractivity contribution in [3.05, 3.63) is 68.7 Å². The molecule has 2 rings (SSSR count). The number of methoxy groups -OCH3 is 1. The van der Waals surface area contributed by atoms with E-state index in [0.717, 1.165) is 6.07 Å². The Bertz CT molecular complexity index is 1070. The van der Waals surface area contributed by atoms with Gasteiger partial charge in [-0.15, -0.1) is 0 Å². The van der Waals surface area contributed by atoms with E-state index in [4.69, 9.17) is 9.47 Å². The number of nitro groups is 1. The van der Waals surface area contributed by atoms with Crippen molar-refractivity contribution in [1.29, 1.82) is 0 Å². The molecule has 0 bridgehead atoms. The Morgan fingerprint density at radius 3 is 2.69 bits per heavy atom. The van der Waals surface area contributed by atoms with Crippen LogP contribution in [0, 0.1) is 17.0 Å². The van der Waals surface area contributed by atoms with Gasteiger partial charge in [0.15, 0.2) is 11.5 Å². The lowest BCUT2D eigenvalue weighted by atomic mass is 10.2. The quantitative estimate of drug-likeness (QED) is 0.252. The van der Waals surface area contributed by atoms with Crippen LogP contribution in [0.2, 0.25) is 0 Å². The molecule has 11 heteroatoms. The van der Waals surface area contributed by atoms with E-state index in [2.05, 4.69) is 27.6 Å². The summed E-state index contributed by atoms with van der Waals surface area (Å²) >= 11 is 3.36. The Kier molecular flexibility index (Phi) is 7.35. The van der Waals surface area contributed by atoms with Gasteiger partial charge in [-0.1, -0.05) is 18.7 Å². The number of sulfonamides is 1. The molecule has 0 aliphatic rings. The van der Waals surface area contributed by atoms with Gasteiger partial charge in [0.05, 0.1) is 27.6 Å². The number of ether oxygens (including phenoxy) is 2. The van der Waals surface area contributed by atoms with Crippen molar-refractivity contribution in [3.63, 3.8) is 0 Å². The summed E-state index contributed by atoms with van der Waals surface area (Å²) in [5.41, 5.74) is 0.589. The summed E-state index contributed by atoms with van der Waals surface area (Å²) in [5.74, 6) is 0.886. The Balaban J connectivity index is 2.24. The highest BCUT2D eigenvalue weighted by molar-refractivity contribution is 9.10. The molecule has 0 saturated carbocycles. The third kappa shape index (κ3) is 5.55. The Hall–Kier alpha value is -2.92. The first kappa shape index (κ1) is 22.4. The highest BCUT2D eigenvalue weighted by Crippen LogP contribution is 2.36. The van der Waals surface area contributed by atoms with Crippen molar-refractivity contribution in [2.24, 2.45) is 5.10 Å². The predicted molar refractivity (Wildman–Crippen MR) is 112 cm³/mol. The summed E-state index contributed by atoms with van der Waals surface area (Å²) in [6.45, 7) is 5.39. The van der Waals surface area contributed by atoms with E-state index in [1.807, 2.05) is 4.83 Å². The fraction of sp³-hybridized carbons (Fsp3) is 0.167. The molecule has 0 amide bonds. The maximum Gasteiger partial charge on any atom is 0.276 e. The van der Waals surface area contributed by atoms with Crippen molar-refractivity contribution in [2.75, 3.05) is 13.7 Å². The molecule has 0 spiro atoms. The number of benzene rings is 2. The van der Waals surface area contributed by atoms with Gasteiger partial charge in [0.2, 0.25) is 0 Å². The lowest BCUT2D eigenvalue weighted by Crippen LogP contribution is -2.18. The van der Waals surface area contributed by atoms with E-state index >= 15 is 0 Å². The second-order valence-electron chi connectivity index (χ2n) is 5.69. The van der Waals surface area contributed by atoms with E-state index < -0.39 is 14.9 Å². The second-order valence-corrected chi connectivity index (χ2v) is 8.21. The molecule has 0 aliphatic carbocycles. The Morgan fingerprint density at radius 2 is 2.07 bits per heavy atom. The molecule has 0 atom stereocenters. The van der Waals surface area contributed by atoms with Gasteiger partial charge in [-0.3, -0.25) is 10.1 Å². The van der Waals surface area contributed by atoms with Gasteiger partial charge in [-0.25, -0.2) is 4.83 Å². The van der Waals surface area contributed by atoms with Crippen molar-refractivity contribution >= 4 is 37.9 Å². The summed E-state index contributed by atoms with van der Waals surface area (Å²) in [7, 11) is -2.61. The molecule has 1 N–H and O–H groups in total. The highest BCUT2D eigenvalue weighted by Gasteiger charge is 2.19. The number of hydrogen-bond acceptors (Lipinski definition) is 7. The topological polar surface area (TPSA) is 120 Å². The van der Waals surface area contributed by atoms with Crippen LogP contribution in [-0.4, -0.2) is 33.3 Å². The highest BCUT2D eigenvalue weighted by atomic mass is 79.9. The molecule has 0 saturated heterocycles. The molecule has 0 fully saturated rings. The van der Waals surface area contributed by atoms with Crippen LogP contribution in [0.3, 0.4) is 0 Å². The number of rotatable bonds is 9. The van der Waals surface area contributed by atoms with Crippen LogP contribution in [0.1, 0.15) is 11.1 Å². The average Bonchev–Trinajstić information content (AvgIpc) is 2.66. The molecule has 0 heterocycles. The average molecular weight is 484 g/mol.